The lowest BCUT2D eigenvalue weighted by Gasteiger charge is -2.19. The summed E-state index contributed by atoms with van der Waals surface area (Å²) in [5.41, 5.74) is 2.44. The average molecular weight is 580 g/mol. The van der Waals surface area contributed by atoms with E-state index in [0.29, 0.717) is 41.7 Å². The van der Waals surface area contributed by atoms with E-state index < -0.39 is 11.8 Å². The van der Waals surface area contributed by atoms with Gasteiger partial charge in [-0.3, -0.25) is 14.4 Å². The Morgan fingerprint density at radius 1 is 1.00 bits per heavy atom. The number of ether oxygens (including phenoxy) is 1. The van der Waals surface area contributed by atoms with E-state index in [-0.39, 0.29) is 24.3 Å². The van der Waals surface area contributed by atoms with Crippen LogP contribution in [0.1, 0.15) is 80.3 Å². The molecule has 2 amide bonds. The third kappa shape index (κ3) is 7.25. The number of carbonyl (C=O) groups is 3. The lowest BCUT2D eigenvalue weighted by Crippen LogP contribution is -2.39. The molecule has 2 fully saturated rings. The Bertz CT molecular complexity index is 1530. The molecule has 0 spiro atoms. The molecule has 7 nitrogen and oxygen atoms in total. The van der Waals surface area contributed by atoms with Crippen LogP contribution in [0.15, 0.2) is 60.7 Å². The second-order valence-electron chi connectivity index (χ2n) is 12.6. The quantitative estimate of drug-likeness (QED) is 0.150. The van der Waals surface area contributed by atoms with Gasteiger partial charge in [0, 0.05) is 18.5 Å². The van der Waals surface area contributed by atoms with E-state index in [2.05, 4.69) is 60.9 Å². The highest BCUT2D eigenvalue weighted by Gasteiger charge is 2.45. The molecule has 2 saturated carbocycles. The Morgan fingerprint density at radius 3 is 2.51 bits per heavy atom. The van der Waals surface area contributed by atoms with E-state index >= 15 is 0 Å². The summed E-state index contributed by atoms with van der Waals surface area (Å²) in [6, 6.07) is 22.0. The van der Waals surface area contributed by atoms with Gasteiger partial charge in [-0.15, -0.1) is 0 Å². The maximum Gasteiger partial charge on any atom is 0.310 e. The number of rotatable bonds is 12. The predicted octanol–water partition coefficient (Wildman–Crippen LogP) is 6.24. The Morgan fingerprint density at radius 2 is 1.77 bits per heavy atom. The van der Waals surface area contributed by atoms with Crippen molar-refractivity contribution in [2.45, 2.75) is 70.8 Å². The highest BCUT2D eigenvalue weighted by Crippen LogP contribution is 2.53. The van der Waals surface area contributed by atoms with Gasteiger partial charge in [-0.25, -0.2) is 0 Å². The van der Waals surface area contributed by atoms with Gasteiger partial charge in [-0.2, -0.15) is 5.26 Å². The fourth-order valence-corrected chi connectivity index (χ4v) is 6.58. The average Bonchev–Trinajstić information content (AvgIpc) is 3.66. The molecule has 2 N–H and O–H groups in total. The molecule has 0 aliphatic heterocycles. The van der Waals surface area contributed by atoms with Crippen molar-refractivity contribution < 1.29 is 19.1 Å². The molecule has 3 aromatic rings. The van der Waals surface area contributed by atoms with Gasteiger partial charge in [0.1, 0.15) is 12.3 Å². The number of fused-ring (bicyclic) bond motifs is 1. The third-order valence-corrected chi connectivity index (χ3v) is 9.41. The summed E-state index contributed by atoms with van der Waals surface area (Å²) in [6.45, 7) is 4.95. The maximum absolute atomic E-state index is 13.8. The minimum absolute atomic E-state index is 0.00381. The molecule has 7 heteroatoms. The number of nitrogens with zero attached hydrogens (tertiary/aromatic N) is 1. The monoisotopic (exact) mass is 579 g/mol. The van der Waals surface area contributed by atoms with Crippen molar-refractivity contribution in [3.63, 3.8) is 0 Å². The number of ketones is 1. The first kappa shape index (κ1) is 30.3. The molecular formula is C36H41N3O4. The standard InChI is InChI=1S/C36H41N3O4/c1-24(2)27-11-10-25(20-27)23-43-29-13-12-28(22-39-35(42)34(41)38-19-18-37)31(21-29)33(40)14-15-36(16-17-36)32-9-5-7-26-6-3-4-8-30(26)32/h3-9,12-13,21,24-25,27H,10-11,14-17,19-20,22-23H2,1-2H3,(H,38,41)(H,39,42). The minimum Gasteiger partial charge on any atom is -0.493 e. The Hall–Kier alpha value is -4.18. The summed E-state index contributed by atoms with van der Waals surface area (Å²) >= 11 is 0. The van der Waals surface area contributed by atoms with Gasteiger partial charge in [0.05, 0.1) is 12.7 Å². The summed E-state index contributed by atoms with van der Waals surface area (Å²) in [5, 5.41) is 16.0. The number of hydrogen-bond donors (Lipinski definition) is 2. The number of hydrogen-bond acceptors (Lipinski definition) is 5. The van der Waals surface area contributed by atoms with Crippen molar-refractivity contribution >= 4 is 28.4 Å². The zero-order valence-corrected chi connectivity index (χ0v) is 25.2. The van der Waals surface area contributed by atoms with Gasteiger partial charge >= 0.3 is 11.8 Å². The summed E-state index contributed by atoms with van der Waals surface area (Å²) in [7, 11) is 0. The number of carbonyl (C=O) groups excluding carboxylic acids is 3. The normalized spacial score (nSPS) is 18.7. The molecule has 0 aromatic heterocycles. The van der Waals surface area contributed by atoms with Crippen LogP contribution in [-0.2, 0) is 21.5 Å². The van der Waals surface area contributed by atoms with Crippen LogP contribution in [0.25, 0.3) is 10.8 Å². The summed E-state index contributed by atoms with van der Waals surface area (Å²) in [6.07, 6.45) is 6.77. The second-order valence-corrected chi connectivity index (χ2v) is 12.6. The lowest BCUT2D eigenvalue weighted by molar-refractivity contribution is -0.139. The predicted molar refractivity (Wildman–Crippen MR) is 166 cm³/mol. The summed E-state index contributed by atoms with van der Waals surface area (Å²) in [5.74, 6) is 0.837. The zero-order valence-electron chi connectivity index (χ0n) is 25.2. The summed E-state index contributed by atoms with van der Waals surface area (Å²) < 4.78 is 6.21. The van der Waals surface area contributed by atoms with Crippen molar-refractivity contribution in [1.29, 1.82) is 5.26 Å². The maximum atomic E-state index is 13.8. The first-order chi connectivity index (χ1) is 20.8. The van der Waals surface area contributed by atoms with Crippen molar-refractivity contribution in [3.05, 3.63) is 77.4 Å². The van der Waals surface area contributed by atoms with Crippen LogP contribution < -0.4 is 15.4 Å². The highest BCUT2D eigenvalue weighted by molar-refractivity contribution is 6.35. The van der Waals surface area contributed by atoms with Crippen molar-refractivity contribution in [2.24, 2.45) is 17.8 Å². The lowest BCUT2D eigenvalue weighted by atomic mass is 9.85. The molecular weight excluding hydrogens is 538 g/mol. The molecule has 0 bridgehead atoms. The molecule has 0 saturated heterocycles. The Kier molecular flexibility index (Phi) is 9.45. The van der Waals surface area contributed by atoms with Crippen LogP contribution in [0, 0.1) is 29.1 Å². The van der Waals surface area contributed by atoms with Crippen molar-refractivity contribution in [2.75, 3.05) is 13.2 Å². The Labute approximate surface area is 254 Å². The van der Waals surface area contributed by atoms with Crippen LogP contribution in [0.4, 0.5) is 0 Å². The van der Waals surface area contributed by atoms with Gasteiger partial charge in [0.25, 0.3) is 0 Å². The van der Waals surface area contributed by atoms with E-state index in [4.69, 9.17) is 10.00 Å². The molecule has 0 heterocycles. The van der Waals surface area contributed by atoms with Gasteiger partial charge in [0.15, 0.2) is 5.78 Å². The summed E-state index contributed by atoms with van der Waals surface area (Å²) in [4.78, 5) is 38.0. The highest BCUT2D eigenvalue weighted by atomic mass is 16.5. The van der Waals surface area contributed by atoms with E-state index in [1.165, 1.54) is 22.8 Å². The van der Waals surface area contributed by atoms with Crippen LogP contribution in [0.5, 0.6) is 5.75 Å². The topological polar surface area (TPSA) is 108 Å². The van der Waals surface area contributed by atoms with Crippen LogP contribution >= 0.6 is 0 Å². The van der Waals surface area contributed by atoms with E-state index in [0.717, 1.165) is 38.0 Å². The van der Waals surface area contributed by atoms with E-state index in [9.17, 15) is 14.4 Å². The van der Waals surface area contributed by atoms with Crippen LogP contribution in [-0.4, -0.2) is 30.7 Å². The van der Waals surface area contributed by atoms with Crippen LogP contribution in [0.3, 0.4) is 0 Å². The molecule has 2 unspecified atom stereocenters. The number of nitrogens with one attached hydrogen (secondary N) is 2. The SMILES string of the molecule is CC(C)C1CCC(COc2ccc(CNC(=O)C(=O)NCC#N)c(C(=O)CCC3(c4cccc5ccccc45)CC3)c2)C1. The fraction of sp³-hybridized carbons (Fsp3) is 0.444. The molecule has 2 aliphatic carbocycles. The molecule has 0 radical (unpaired) electrons. The zero-order chi connectivity index (χ0) is 30.4. The number of nitriles is 1. The number of Topliss-reactive ketones (excluding diaryl/α,β-unsaturated/α-hetero) is 1. The van der Waals surface area contributed by atoms with Gasteiger partial charge in [-0.05, 0) is 95.7 Å². The van der Waals surface area contributed by atoms with Gasteiger partial charge < -0.3 is 15.4 Å². The number of amides is 2. The molecule has 2 aliphatic rings. The number of benzene rings is 3. The van der Waals surface area contributed by atoms with E-state index in [1.807, 2.05) is 12.1 Å². The first-order valence-corrected chi connectivity index (χ1v) is 15.5. The Balaban J connectivity index is 1.30. The van der Waals surface area contributed by atoms with Crippen molar-refractivity contribution in [1.82, 2.24) is 10.6 Å². The van der Waals surface area contributed by atoms with E-state index in [1.54, 1.807) is 18.2 Å². The molecule has 2 atom stereocenters. The smallest absolute Gasteiger partial charge is 0.310 e. The molecule has 224 valence electrons. The fourth-order valence-electron chi connectivity index (χ4n) is 6.58. The molecule has 5 rings (SSSR count). The van der Waals surface area contributed by atoms with Gasteiger partial charge in [-0.1, -0.05) is 62.4 Å². The first-order valence-electron chi connectivity index (χ1n) is 15.5. The second kappa shape index (κ2) is 13.4. The molecule has 3 aromatic carbocycles. The van der Waals surface area contributed by atoms with Crippen LogP contribution in [0.2, 0.25) is 0 Å². The molecule has 43 heavy (non-hydrogen) atoms. The van der Waals surface area contributed by atoms with Gasteiger partial charge in [0.2, 0.25) is 0 Å². The minimum atomic E-state index is -0.878. The third-order valence-electron chi connectivity index (χ3n) is 9.41. The largest absolute Gasteiger partial charge is 0.493 e. The van der Waals surface area contributed by atoms with Crippen molar-refractivity contribution in [3.8, 4) is 11.8 Å².